The van der Waals surface area contributed by atoms with Crippen LogP contribution in [0.5, 0.6) is 11.5 Å². The van der Waals surface area contributed by atoms with Gasteiger partial charge in [-0.3, -0.25) is 9.59 Å². The Morgan fingerprint density at radius 1 is 0.913 bits per heavy atom. The number of carbonyl (C=O) groups excluding carboxylic acids is 2. The van der Waals surface area contributed by atoms with Gasteiger partial charge in [-0.25, -0.2) is 0 Å². The molecule has 0 saturated carbocycles. The number of carbonyl (C=O) groups is 2. The van der Waals surface area contributed by atoms with Gasteiger partial charge in [0.05, 0.1) is 14.2 Å². The van der Waals surface area contributed by atoms with Gasteiger partial charge >= 0.3 is 11.8 Å². The molecule has 2 aromatic rings. The molecule has 0 atom stereocenters. The van der Waals surface area contributed by atoms with Gasteiger partial charge in [-0.2, -0.15) is 0 Å². The first-order valence-electron chi connectivity index (χ1n) is 6.99. The summed E-state index contributed by atoms with van der Waals surface area (Å²) < 4.78 is 10.3. The van der Waals surface area contributed by atoms with Crippen LogP contribution in [0.4, 0.5) is 5.69 Å². The van der Waals surface area contributed by atoms with Crippen LogP contribution >= 0.6 is 0 Å². The Balaban J connectivity index is 1.94. The lowest BCUT2D eigenvalue weighted by molar-refractivity contribution is -0.136. The van der Waals surface area contributed by atoms with Crippen LogP contribution in [0.25, 0.3) is 0 Å². The van der Waals surface area contributed by atoms with Crippen molar-refractivity contribution in [2.75, 3.05) is 19.5 Å². The molecule has 0 aliphatic heterocycles. The fourth-order valence-electron chi connectivity index (χ4n) is 1.96. The number of ether oxygens (including phenoxy) is 2. The number of methoxy groups -OCH3 is 2. The molecule has 2 N–H and O–H groups in total. The van der Waals surface area contributed by atoms with Crippen LogP contribution in [0.15, 0.2) is 48.5 Å². The summed E-state index contributed by atoms with van der Waals surface area (Å²) in [4.78, 5) is 23.7. The van der Waals surface area contributed by atoms with Gasteiger partial charge in [0, 0.05) is 18.3 Å². The number of anilines is 1. The average molecular weight is 314 g/mol. The number of benzene rings is 2. The maximum Gasteiger partial charge on any atom is 0.313 e. The van der Waals surface area contributed by atoms with Crippen molar-refractivity contribution in [1.29, 1.82) is 0 Å². The minimum absolute atomic E-state index is 0.291. The highest BCUT2D eigenvalue weighted by atomic mass is 16.5. The first kappa shape index (κ1) is 16.4. The van der Waals surface area contributed by atoms with E-state index in [0.29, 0.717) is 23.7 Å². The monoisotopic (exact) mass is 314 g/mol. The van der Waals surface area contributed by atoms with Gasteiger partial charge in [0.15, 0.2) is 11.5 Å². The Labute approximate surface area is 134 Å². The van der Waals surface area contributed by atoms with E-state index >= 15 is 0 Å². The largest absolute Gasteiger partial charge is 0.493 e. The van der Waals surface area contributed by atoms with Crippen molar-refractivity contribution >= 4 is 17.5 Å². The molecule has 6 nitrogen and oxygen atoms in total. The van der Waals surface area contributed by atoms with Crippen molar-refractivity contribution in [2.24, 2.45) is 0 Å². The Morgan fingerprint density at radius 3 is 2.26 bits per heavy atom. The van der Waals surface area contributed by atoms with Gasteiger partial charge < -0.3 is 20.1 Å². The molecule has 2 amide bonds. The first-order chi connectivity index (χ1) is 11.1. The van der Waals surface area contributed by atoms with Crippen molar-refractivity contribution in [3.63, 3.8) is 0 Å². The lowest BCUT2D eigenvalue weighted by Gasteiger charge is -2.10. The second-order valence-electron chi connectivity index (χ2n) is 4.69. The topological polar surface area (TPSA) is 76.7 Å². The maximum absolute atomic E-state index is 11.9. The number of hydrogen-bond donors (Lipinski definition) is 2. The molecule has 0 bridgehead atoms. The molecule has 0 unspecified atom stereocenters. The van der Waals surface area contributed by atoms with Crippen LogP contribution in [0.2, 0.25) is 0 Å². The van der Waals surface area contributed by atoms with Gasteiger partial charge in [0.1, 0.15) is 0 Å². The van der Waals surface area contributed by atoms with Crippen LogP contribution in [0.1, 0.15) is 5.56 Å². The summed E-state index contributed by atoms with van der Waals surface area (Å²) in [5.74, 6) is -0.439. The average Bonchev–Trinajstić information content (AvgIpc) is 2.60. The van der Waals surface area contributed by atoms with E-state index in [9.17, 15) is 9.59 Å². The highest BCUT2D eigenvalue weighted by Gasteiger charge is 2.14. The summed E-state index contributed by atoms with van der Waals surface area (Å²) >= 11 is 0. The van der Waals surface area contributed by atoms with E-state index in [1.54, 1.807) is 18.2 Å². The van der Waals surface area contributed by atoms with E-state index in [-0.39, 0.29) is 0 Å². The number of amides is 2. The van der Waals surface area contributed by atoms with Crippen molar-refractivity contribution in [3.05, 3.63) is 54.1 Å². The van der Waals surface area contributed by atoms with Crippen LogP contribution in [-0.4, -0.2) is 26.0 Å². The molecule has 23 heavy (non-hydrogen) atoms. The number of rotatable bonds is 5. The Morgan fingerprint density at radius 2 is 1.61 bits per heavy atom. The summed E-state index contributed by atoms with van der Waals surface area (Å²) in [5, 5.41) is 5.08. The quantitative estimate of drug-likeness (QED) is 0.827. The normalized spacial score (nSPS) is 9.83. The molecule has 0 aromatic heterocycles. The van der Waals surface area contributed by atoms with Gasteiger partial charge in [-0.05, 0) is 17.7 Å². The van der Waals surface area contributed by atoms with Crippen LogP contribution < -0.4 is 20.1 Å². The molecule has 0 radical (unpaired) electrons. The molecule has 120 valence electrons. The highest BCUT2D eigenvalue weighted by Crippen LogP contribution is 2.29. The van der Waals surface area contributed by atoms with Crippen LogP contribution in [0, 0.1) is 0 Å². The fraction of sp³-hybridized carbons (Fsp3) is 0.176. The SMILES string of the molecule is COc1ccc(NC(=O)C(=O)NCc2ccccc2)cc1OC. The zero-order valence-electron chi connectivity index (χ0n) is 13.0. The third kappa shape index (κ3) is 4.47. The molecular formula is C17H18N2O4. The molecular weight excluding hydrogens is 296 g/mol. The second kappa shape index (κ2) is 7.84. The van der Waals surface area contributed by atoms with Gasteiger partial charge in [0.2, 0.25) is 0 Å². The lowest BCUT2D eigenvalue weighted by atomic mass is 10.2. The van der Waals surface area contributed by atoms with Gasteiger partial charge in [-0.15, -0.1) is 0 Å². The minimum atomic E-state index is -0.742. The number of hydrogen-bond acceptors (Lipinski definition) is 4. The summed E-state index contributed by atoms with van der Waals surface area (Å²) in [7, 11) is 3.02. The van der Waals surface area contributed by atoms with Crippen molar-refractivity contribution in [1.82, 2.24) is 5.32 Å². The van der Waals surface area contributed by atoms with E-state index in [4.69, 9.17) is 9.47 Å². The van der Waals surface area contributed by atoms with E-state index in [2.05, 4.69) is 10.6 Å². The van der Waals surface area contributed by atoms with Crippen LogP contribution in [-0.2, 0) is 16.1 Å². The summed E-state index contributed by atoms with van der Waals surface area (Å²) in [6.07, 6.45) is 0. The summed E-state index contributed by atoms with van der Waals surface area (Å²) in [6.45, 7) is 0.291. The van der Waals surface area contributed by atoms with Crippen molar-refractivity contribution in [3.8, 4) is 11.5 Å². The molecule has 2 rings (SSSR count). The van der Waals surface area contributed by atoms with E-state index < -0.39 is 11.8 Å². The van der Waals surface area contributed by atoms with Crippen molar-refractivity contribution in [2.45, 2.75) is 6.54 Å². The van der Waals surface area contributed by atoms with E-state index in [1.807, 2.05) is 30.3 Å². The summed E-state index contributed by atoms with van der Waals surface area (Å²) in [6, 6.07) is 14.2. The molecule has 6 heteroatoms. The second-order valence-corrected chi connectivity index (χ2v) is 4.69. The molecule has 0 aliphatic rings. The molecule has 0 aliphatic carbocycles. The number of nitrogens with one attached hydrogen (secondary N) is 2. The van der Waals surface area contributed by atoms with Gasteiger partial charge in [-0.1, -0.05) is 30.3 Å². The zero-order chi connectivity index (χ0) is 16.7. The Hall–Kier alpha value is -3.02. The van der Waals surface area contributed by atoms with E-state index in [0.717, 1.165) is 5.56 Å². The zero-order valence-corrected chi connectivity index (χ0v) is 13.0. The smallest absolute Gasteiger partial charge is 0.313 e. The van der Waals surface area contributed by atoms with Gasteiger partial charge in [0.25, 0.3) is 0 Å². The molecule has 0 fully saturated rings. The Kier molecular flexibility index (Phi) is 5.57. The minimum Gasteiger partial charge on any atom is -0.493 e. The third-order valence-corrected chi connectivity index (χ3v) is 3.14. The standard InChI is InChI=1S/C17H18N2O4/c1-22-14-9-8-13(10-15(14)23-2)19-17(21)16(20)18-11-12-6-4-3-5-7-12/h3-10H,11H2,1-2H3,(H,18,20)(H,19,21). The first-order valence-corrected chi connectivity index (χ1v) is 6.99. The molecule has 0 spiro atoms. The third-order valence-electron chi connectivity index (χ3n) is 3.14. The predicted molar refractivity (Wildman–Crippen MR) is 86.5 cm³/mol. The Bertz CT molecular complexity index is 686. The molecule has 0 saturated heterocycles. The fourth-order valence-corrected chi connectivity index (χ4v) is 1.96. The molecule has 2 aromatic carbocycles. The lowest BCUT2D eigenvalue weighted by Crippen LogP contribution is -2.34. The molecule has 0 heterocycles. The maximum atomic E-state index is 11.9. The van der Waals surface area contributed by atoms with Crippen molar-refractivity contribution < 1.29 is 19.1 Å². The predicted octanol–water partition coefficient (Wildman–Crippen LogP) is 1.96. The summed E-state index contributed by atoms with van der Waals surface area (Å²) in [5.41, 5.74) is 1.36. The van der Waals surface area contributed by atoms with Crippen LogP contribution in [0.3, 0.4) is 0 Å². The highest BCUT2D eigenvalue weighted by molar-refractivity contribution is 6.39. The van der Waals surface area contributed by atoms with E-state index in [1.165, 1.54) is 14.2 Å².